The van der Waals surface area contributed by atoms with Crippen LogP contribution in [0.15, 0.2) is 53.9 Å². The lowest BCUT2D eigenvalue weighted by molar-refractivity contribution is 0.0720. The molecule has 1 heterocycles. The fourth-order valence-corrected chi connectivity index (χ4v) is 3.88. The molecule has 5 nitrogen and oxygen atoms in total. The molecule has 0 saturated heterocycles. The third kappa shape index (κ3) is 5.83. The molecule has 3 rings (SSSR count). The molecule has 0 unspecified atom stereocenters. The third-order valence-electron chi connectivity index (χ3n) is 4.51. The Balaban J connectivity index is 1.68. The van der Waals surface area contributed by atoms with Gasteiger partial charge in [-0.25, -0.2) is 4.98 Å². The maximum Gasteiger partial charge on any atom is 0.254 e. The van der Waals surface area contributed by atoms with Crippen molar-refractivity contribution in [2.24, 2.45) is 5.92 Å². The van der Waals surface area contributed by atoms with Gasteiger partial charge in [0.1, 0.15) is 11.6 Å². The van der Waals surface area contributed by atoms with Crippen molar-refractivity contribution in [2.45, 2.75) is 33.9 Å². The summed E-state index contributed by atoms with van der Waals surface area (Å²) in [5.41, 5.74) is 2.67. The zero-order valence-corrected chi connectivity index (χ0v) is 18.7. The van der Waals surface area contributed by atoms with Gasteiger partial charge in [-0.3, -0.25) is 4.79 Å². The number of benzene rings is 2. The molecule has 30 heavy (non-hydrogen) atoms. The number of thiazole rings is 1. The highest BCUT2D eigenvalue weighted by atomic mass is 32.1. The quantitative estimate of drug-likeness (QED) is 0.465. The number of aryl methyl sites for hydroxylation is 1. The highest BCUT2D eigenvalue weighted by Gasteiger charge is 2.19. The van der Waals surface area contributed by atoms with Gasteiger partial charge in [0.15, 0.2) is 11.5 Å². The number of para-hydroxylation sites is 2. The molecule has 1 aromatic heterocycles. The van der Waals surface area contributed by atoms with Gasteiger partial charge in [-0.15, -0.1) is 11.3 Å². The van der Waals surface area contributed by atoms with Crippen LogP contribution < -0.4 is 9.47 Å². The van der Waals surface area contributed by atoms with Crippen molar-refractivity contribution in [1.29, 1.82) is 0 Å². The fourth-order valence-electron chi connectivity index (χ4n) is 3.18. The number of amides is 1. The van der Waals surface area contributed by atoms with Gasteiger partial charge in [0, 0.05) is 17.5 Å². The van der Waals surface area contributed by atoms with Crippen LogP contribution in [0.5, 0.6) is 11.5 Å². The molecule has 0 aliphatic rings. The van der Waals surface area contributed by atoms with Crippen LogP contribution in [0.25, 0.3) is 0 Å². The van der Waals surface area contributed by atoms with Gasteiger partial charge in [0.05, 0.1) is 19.3 Å². The van der Waals surface area contributed by atoms with E-state index in [2.05, 4.69) is 18.8 Å². The largest absolute Gasteiger partial charge is 0.493 e. The molecule has 1 amide bonds. The summed E-state index contributed by atoms with van der Waals surface area (Å²) in [4.78, 5) is 19.6. The number of hydrogen-bond acceptors (Lipinski definition) is 5. The minimum atomic E-state index is 0.0345. The molecule has 0 saturated carbocycles. The Morgan fingerprint density at radius 2 is 1.90 bits per heavy atom. The van der Waals surface area contributed by atoms with Gasteiger partial charge in [-0.1, -0.05) is 43.7 Å². The van der Waals surface area contributed by atoms with Gasteiger partial charge in [-0.2, -0.15) is 0 Å². The molecule has 6 heteroatoms. The average molecular weight is 425 g/mol. The van der Waals surface area contributed by atoms with Crippen LogP contribution in [0.1, 0.15) is 40.5 Å². The predicted octanol–water partition coefficient (Wildman–Crippen LogP) is 5.34. The Labute approximate surface area is 182 Å². The summed E-state index contributed by atoms with van der Waals surface area (Å²) >= 11 is 1.54. The van der Waals surface area contributed by atoms with E-state index in [0.29, 0.717) is 42.7 Å². The zero-order chi connectivity index (χ0) is 21.5. The molecule has 0 aliphatic heterocycles. The van der Waals surface area contributed by atoms with Crippen molar-refractivity contribution in [3.8, 4) is 11.5 Å². The van der Waals surface area contributed by atoms with Gasteiger partial charge < -0.3 is 14.4 Å². The Morgan fingerprint density at radius 1 is 1.13 bits per heavy atom. The maximum atomic E-state index is 13.1. The topological polar surface area (TPSA) is 51.7 Å². The summed E-state index contributed by atoms with van der Waals surface area (Å²) in [7, 11) is 1.62. The van der Waals surface area contributed by atoms with Crippen molar-refractivity contribution in [3.05, 3.63) is 75.7 Å². The van der Waals surface area contributed by atoms with Crippen LogP contribution in [-0.2, 0) is 13.2 Å². The van der Waals surface area contributed by atoms with E-state index in [1.807, 2.05) is 65.7 Å². The number of hydrogen-bond donors (Lipinski definition) is 0. The molecular weight excluding hydrogens is 396 g/mol. The van der Waals surface area contributed by atoms with E-state index < -0.39 is 0 Å². The van der Waals surface area contributed by atoms with Gasteiger partial charge in [0.2, 0.25) is 0 Å². The molecule has 0 spiro atoms. The molecule has 0 bridgehead atoms. The lowest BCUT2D eigenvalue weighted by Crippen LogP contribution is -2.34. The number of rotatable bonds is 9. The molecule has 0 radical (unpaired) electrons. The number of ether oxygens (including phenoxy) is 2. The summed E-state index contributed by atoms with van der Waals surface area (Å²) in [6.07, 6.45) is 0. The molecule has 0 aliphatic carbocycles. The van der Waals surface area contributed by atoms with Crippen molar-refractivity contribution >= 4 is 17.2 Å². The lowest BCUT2D eigenvalue weighted by Gasteiger charge is -2.24. The highest BCUT2D eigenvalue weighted by molar-refractivity contribution is 7.09. The second-order valence-corrected chi connectivity index (χ2v) is 8.56. The summed E-state index contributed by atoms with van der Waals surface area (Å²) in [6.45, 7) is 7.75. The predicted molar refractivity (Wildman–Crippen MR) is 120 cm³/mol. The maximum absolute atomic E-state index is 13.1. The summed E-state index contributed by atoms with van der Waals surface area (Å²) in [6, 6.07) is 15.3. The molecule has 3 aromatic rings. The van der Waals surface area contributed by atoms with Crippen LogP contribution in [0.3, 0.4) is 0 Å². The minimum Gasteiger partial charge on any atom is -0.493 e. The highest BCUT2D eigenvalue weighted by Crippen LogP contribution is 2.27. The number of carbonyl (C=O) groups excluding carboxylic acids is 1. The Bertz CT molecular complexity index is 984. The van der Waals surface area contributed by atoms with Crippen LogP contribution >= 0.6 is 11.3 Å². The van der Waals surface area contributed by atoms with E-state index >= 15 is 0 Å². The van der Waals surface area contributed by atoms with E-state index in [4.69, 9.17) is 9.47 Å². The molecule has 0 atom stereocenters. The first-order valence-corrected chi connectivity index (χ1v) is 10.9. The second kappa shape index (κ2) is 10.3. The van der Waals surface area contributed by atoms with E-state index in [1.165, 1.54) is 11.3 Å². The smallest absolute Gasteiger partial charge is 0.254 e. The number of carbonyl (C=O) groups is 1. The summed E-state index contributed by atoms with van der Waals surface area (Å²) in [5, 5.41) is 2.86. The van der Waals surface area contributed by atoms with Gasteiger partial charge in [-0.05, 0) is 37.1 Å². The standard InChI is InChI=1S/C24H28N2O3S/c1-17(2)13-26(24(27)19-9-7-8-18(3)12-19)14-20-16-30-23(25-20)15-29-22-11-6-5-10-21(22)28-4/h5-12,16-17H,13-15H2,1-4H3. The fraction of sp³-hybridized carbons (Fsp3) is 0.333. The lowest BCUT2D eigenvalue weighted by atomic mass is 10.1. The first kappa shape index (κ1) is 21.8. The average Bonchev–Trinajstić information content (AvgIpc) is 3.18. The second-order valence-electron chi connectivity index (χ2n) is 7.62. The van der Waals surface area contributed by atoms with E-state index in [1.54, 1.807) is 7.11 Å². The Kier molecular flexibility index (Phi) is 7.46. The Hall–Kier alpha value is -2.86. The SMILES string of the molecule is COc1ccccc1OCc1nc(CN(CC(C)C)C(=O)c2cccc(C)c2)cs1. The number of aromatic nitrogens is 1. The molecule has 0 fully saturated rings. The first-order chi connectivity index (χ1) is 14.5. The first-order valence-electron chi connectivity index (χ1n) is 10.0. The normalized spacial score (nSPS) is 10.8. The van der Waals surface area contributed by atoms with Crippen molar-refractivity contribution in [1.82, 2.24) is 9.88 Å². The third-order valence-corrected chi connectivity index (χ3v) is 5.38. The molecule has 158 valence electrons. The summed E-state index contributed by atoms with van der Waals surface area (Å²) in [5.74, 6) is 1.78. The van der Waals surface area contributed by atoms with E-state index in [0.717, 1.165) is 16.3 Å². The minimum absolute atomic E-state index is 0.0345. The molecule has 0 N–H and O–H groups in total. The van der Waals surface area contributed by atoms with Gasteiger partial charge in [0.25, 0.3) is 5.91 Å². The monoisotopic (exact) mass is 424 g/mol. The van der Waals surface area contributed by atoms with Crippen molar-refractivity contribution in [3.63, 3.8) is 0 Å². The zero-order valence-electron chi connectivity index (χ0n) is 17.9. The molecule has 2 aromatic carbocycles. The summed E-state index contributed by atoms with van der Waals surface area (Å²) < 4.78 is 11.2. The number of methoxy groups -OCH3 is 1. The Morgan fingerprint density at radius 3 is 2.60 bits per heavy atom. The van der Waals surface area contributed by atoms with Crippen LogP contribution in [-0.4, -0.2) is 29.4 Å². The molecular formula is C24H28N2O3S. The van der Waals surface area contributed by atoms with E-state index in [-0.39, 0.29) is 5.91 Å². The van der Waals surface area contributed by atoms with Gasteiger partial charge >= 0.3 is 0 Å². The van der Waals surface area contributed by atoms with Crippen LogP contribution in [0.4, 0.5) is 0 Å². The van der Waals surface area contributed by atoms with E-state index in [9.17, 15) is 4.79 Å². The van der Waals surface area contributed by atoms with Crippen molar-refractivity contribution in [2.75, 3.05) is 13.7 Å². The number of nitrogens with zero attached hydrogens (tertiary/aromatic N) is 2. The van der Waals surface area contributed by atoms with Crippen LogP contribution in [0, 0.1) is 12.8 Å². The van der Waals surface area contributed by atoms with Crippen LogP contribution in [0.2, 0.25) is 0 Å². The van der Waals surface area contributed by atoms with Crippen molar-refractivity contribution < 1.29 is 14.3 Å².